The molecule has 0 saturated heterocycles. The first kappa shape index (κ1) is 13.6. The molecule has 1 N–H and O–H groups in total. The van der Waals surface area contributed by atoms with E-state index in [-0.39, 0.29) is 0 Å². The monoisotopic (exact) mass is 246 g/mol. The smallest absolute Gasteiger partial charge is 0.0136 e. The standard InChI is InChI=1S/C16H26N2/c1-18(2)13-12-17-16-11-7-6-10-15(16)14-8-4-3-5-9-14/h3-5,8-9,15-17H,6-7,10-13H2,1-2H3. The Morgan fingerprint density at radius 1 is 1.11 bits per heavy atom. The second kappa shape index (κ2) is 6.91. The number of hydrogen-bond donors (Lipinski definition) is 1. The van der Waals surface area contributed by atoms with Crippen molar-refractivity contribution in [3.63, 3.8) is 0 Å². The predicted molar refractivity (Wildman–Crippen MR) is 78.0 cm³/mol. The quantitative estimate of drug-likeness (QED) is 0.859. The highest BCUT2D eigenvalue weighted by Gasteiger charge is 2.25. The fourth-order valence-electron chi connectivity index (χ4n) is 2.95. The molecule has 1 aromatic carbocycles. The number of hydrogen-bond acceptors (Lipinski definition) is 2. The molecule has 0 spiro atoms. The molecule has 2 rings (SSSR count). The molecular formula is C16H26N2. The van der Waals surface area contributed by atoms with Crippen molar-refractivity contribution >= 4 is 0 Å². The van der Waals surface area contributed by atoms with Crippen molar-refractivity contribution in [3.05, 3.63) is 35.9 Å². The lowest BCUT2D eigenvalue weighted by Crippen LogP contribution is -2.40. The Morgan fingerprint density at radius 2 is 1.83 bits per heavy atom. The van der Waals surface area contributed by atoms with E-state index in [0.29, 0.717) is 12.0 Å². The minimum Gasteiger partial charge on any atom is -0.312 e. The van der Waals surface area contributed by atoms with Gasteiger partial charge >= 0.3 is 0 Å². The van der Waals surface area contributed by atoms with Gasteiger partial charge in [-0.25, -0.2) is 0 Å². The van der Waals surface area contributed by atoms with Crippen molar-refractivity contribution in [1.82, 2.24) is 10.2 Å². The van der Waals surface area contributed by atoms with Gasteiger partial charge in [-0.05, 0) is 38.4 Å². The summed E-state index contributed by atoms with van der Waals surface area (Å²) in [4.78, 5) is 2.24. The molecule has 1 aromatic rings. The van der Waals surface area contributed by atoms with Gasteiger partial charge in [-0.3, -0.25) is 0 Å². The van der Waals surface area contributed by atoms with Crippen LogP contribution in [0.25, 0.3) is 0 Å². The molecule has 18 heavy (non-hydrogen) atoms. The SMILES string of the molecule is CN(C)CCNC1CCCCC1c1ccccc1. The van der Waals surface area contributed by atoms with Crippen molar-refractivity contribution < 1.29 is 0 Å². The Labute approximate surface area is 111 Å². The van der Waals surface area contributed by atoms with Gasteiger partial charge in [-0.15, -0.1) is 0 Å². The number of nitrogens with zero attached hydrogens (tertiary/aromatic N) is 1. The Bertz CT molecular complexity index is 334. The van der Waals surface area contributed by atoms with E-state index >= 15 is 0 Å². The predicted octanol–water partition coefficient (Wildman–Crippen LogP) is 2.86. The van der Waals surface area contributed by atoms with E-state index in [4.69, 9.17) is 0 Å². The molecule has 1 aliphatic carbocycles. The van der Waals surface area contributed by atoms with E-state index in [2.05, 4.69) is 54.6 Å². The van der Waals surface area contributed by atoms with E-state index in [1.165, 1.54) is 31.2 Å². The second-order valence-corrected chi connectivity index (χ2v) is 5.67. The van der Waals surface area contributed by atoms with Crippen molar-refractivity contribution in [2.75, 3.05) is 27.2 Å². The first-order chi connectivity index (χ1) is 8.77. The zero-order valence-electron chi connectivity index (χ0n) is 11.7. The number of nitrogens with one attached hydrogen (secondary N) is 1. The highest BCUT2D eigenvalue weighted by atomic mass is 15.1. The van der Waals surface area contributed by atoms with Crippen LogP contribution in [0, 0.1) is 0 Å². The first-order valence-electron chi connectivity index (χ1n) is 7.20. The van der Waals surface area contributed by atoms with Gasteiger partial charge in [0.05, 0.1) is 0 Å². The number of benzene rings is 1. The summed E-state index contributed by atoms with van der Waals surface area (Å²) in [6.07, 6.45) is 5.42. The van der Waals surface area contributed by atoms with Crippen molar-refractivity contribution in [2.45, 2.75) is 37.6 Å². The van der Waals surface area contributed by atoms with Crippen LogP contribution in [0.2, 0.25) is 0 Å². The summed E-state index contributed by atoms with van der Waals surface area (Å²) in [5.74, 6) is 0.710. The van der Waals surface area contributed by atoms with Crippen LogP contribution in [0.5, 0.6) is 0 Å². The molecular weight excluding hydrogens is 220 g/mol. The molecule has 0 heterocycles. The Hall–Kier alpha value is -0.860. The summed E-state index contributed by atoms with van der Waals surface area (Å²) in [6, 6.07) is 11.7. The first-order valence-corrected chi connectivity index (χ1v) is 7.20. The molecule has 0 bridgehead atoms. The zero-order chi connectivity index (χ0) is 12.8. The van der Waals surface area contributed by atoms with Gasteiger partial charge in [-0.2, -0.15) is 0 Å². The minimum absolute atomic E-state index is 0.668. The Kier molecular flexibility index (Phi) is 5.21. The van der Waals surface area contributed by atoms with E-state index < -0.39 is 0 Å². The molecule has 100 valence electrons. The van der Waals surface area contributed by atoms with Gasteiger partial charge in [0.15, 0.2) is 0 Å². The summed E-state index contributed by atoms with van der Waals surface area (Å²) in [5, 5.41) is 3.76. The zero-order valence-corrected chi connectivity index (χ0v) is 11.7. The Morgan fingerprint density at radius 3 is 2.56 bits per heavy atom. The van der Waals surface area contributed by atoms with Crippen molar-refractivity contribution in [2.24, 2.45) is 0 Å². The van der Waals surface area contributed by atoms with Gasteiger partial charge in [0, 0.05) is 19.1 Å². The lowest BCUT2D eigenvalue weighted by atomic mass is 9.80. The summed E-state index contributed by atoms with van der Waals surface area (Å²) in [6.45, 7) is 2.22. The average Bonchev–Trinajstić information content (AvgIpc) is 2.40. The van der Waals surface area contributed by atoms with E-state index in [1.807, 2.05) is 0 Å². The third-order valence-corrected chi connectivity index (χ3v) is 3.96. The van der Waals surface area contributed by atoms with E-state index in [1.54, 1.807) is 0 Å². The second-order valence-electron chi connectivity index (χ2n) is 5.67. The van der Waals surface area contributed by atoms with Crippen LogP contribution in [0.3, 0.4) is 0 Å². The number of likely N-dealkylation sites (N-methyl/N-ethyl adjacent to an activating group) is 1. The fourth-order valence-corrected chi connectivity index (χ4v) is 2.95. The third kappa shape index (κ3) is 3.82. The van der Waals surface area contributed by atoms with E-state index in [9.17, 15) is 0 Å². The molecule has 0 radical (unpaired) electrons. The van der Waals surface area contributed by atoms with E-state index in [0.717, 1.165) is 13.1 Å². The molecule has 1 aliphatic rings. The van der Waals surface area contributed by atoms with Crippen LogP contribution in [0.4, 0.5) is 0 Å². The maximum atomic E-state index is 3.76. The van der Waals surface area contributed by atoms with Gasteiger partial charge in [-0.1, -0.05) is 43.2 Å². The van der Waals surface area contributed by atoms with Gasteiger partial charge in [0.1, 0.15) is 0 Å². The van der Waals surface area contributed by atoms with Crippen LogP contribution in [-0.4, -0.2) is 38.1 Å². The molecule has 0 aromatic heterocycles. The fraction of sp³-hybridized carbons (Fsp3) is 0.625. The molecule has 1 saturated carbocycles. The maximum Gasteiger partial charge on any atom is 0.0136 e. The molecule has 2 atom stereocenters. The molecule has 0 amide bonds. The highest BCUT2D eigenvalue weighted by Crippen LogP contribution is 2.32. The topological polar surface area (TPSA) is 15.3 Å². The lowest BCUT2D eigenvalue weighted by molar-refractivity contribution is 0.308. The van der Waals surface area contributed by atoms with Gasteiger partial charge in [0.25, 0.3) is 0 Å². The molecule has 1 fully saturated rings. The van der Waals surface area contributed by atoms with Crippen LogP contribution in [0.15, 0.2) is 30.3 Å². The van der Waals surface area contributed by atoms with Gasteiger partial charge < -0.3 is 10.2 Å². The molecule has 2 heteroatoms. The normalized spacial score (nSPS) is 24.4. The summed E-state index contributed by atoms with van der Waals surface area (Å²) in [7, 11) is 4.27. The third-order valence-electron chi connectivity index (χ3n) is 3.96. The largest absolute Gasteiger partial charge is 0.312 e. The lowest BCUT2D eigenvalue weighted by Gasteiger charge is -2.33. The van der Waals surface area contributed by atoms with Crippen LogP contribution >= 0.6 is 0 Å². The van der Waals surface area contributed by atoms with Crippen LogP contribution in [0.1, 0.15) is 37.2 Å². The molecule has 2 nitrogen and oxygen atoms in total. The maximum absolute atomic E-state index is 3.76. The summed E-state index contributed by atoms with van der Waals surface area (Å²) >= 11 is 0. The minimum atomic E-state index is 0.668. The van der Waals surface area contributed by atoms with Gasteiger partial charge in [0.2, 0.25) is 0 Å². The summed E-state index contributed by atoms with van der Waals surface area (Å²) in [5.41, 5.74) is 1.51. The number of rotatable bonds is 5. The molecule has 2 unspecified atom stereocenters. The van der Waals surface area contributed by atoms with Crippen LogP contribution in [-0.2, 0) is 0 Å². The summed E-state index contributed by atoms with van der Waals surface area (Å²) < 4.78 is 0. The van der Waals surface area contributed by atoms with Crippen LogP contribution < -0.4 is 5.32 Å². The molecule has 0 aliphatic heterocycles. The highest BCUT2D eigenvalue weighted by molar-refractivity contribution is 5.21. The van der Waals surface area contributed by atoms with Crippen molar-refractivity contribution in [1.29, 1.82) is 0 Å². The average molecular weight is 246 g/mol. The van der Waals surface area contributed by atoms with Crippen molar-refractivity contribution in [3.8, 4) is 0 Å². The Balaban J connectivity index is 1.94.